The van der Waals surface area contributed by atoms with Crippen LogP contribution >= 0.6 is 15.9 Å². The van der Waals surface area contributed by atoms with E-state index < -0.39 is 16.1 Å². The highest BCUT2D eigenvalue weighted by Gasteiger charge is 2.23. The van der Waals surface area contributed by atoms with E-state index in [1.54, 1.807) is 38.4 Å². The molecule has 1 heterocycles. The summed E-state index contributed by atoms with van der Waals surface area (Å²) in [6.07, 6.45) is 3.23. The van der Waals surface area contributed by atoms with Crippen LogP contribution in [-0.4, -0.2) is 25.2 Å². The van der Waals surface area contributed by atoms with Gasteiger partial charge >= 0.3 is 0 Å². The number of hydrogen-bond acceptors (Lipinski definition) is 4. The Labute approximate surface area is 132 Å². The molecule has 114 valence electrons. The Morgan fingerprint density at radius 3 is 2.86 bits per heavy atom. The van der Waals surface area contributed by atoms with Crippen LogP contribution in [0.1, 0.15) is 25.5 Å². The molecule has 0 fully saturated rings. The van der Waals surface area contributed by atoms with Gasteiger partial charge in [-0.25, -0.2) is 13.1 Å². The van der Waals surface area contributed by atoms with E-state index in [-0.39, 0.29) is 4.90 Å². The quantitative estimate of drug-likeness (QED) is 0.814. The summed E-state index contributed by atoms with van der Waals surface area (Å²) in [4.78, 5) is 0.106. The van der Waals surface area contributed by atoms with Gasteiger partial charge in [0, 0.05) is 22.3 Å². The molecule has 0 amide bonds. The third kappa shape index (κ3) is 3.84. The molecule has 2 N–H and O–H groups in total. The van der Waals surface area contributed by atoms with Crippen LogP contribution in [0.25, 0.3) is 0 Å². The highest BCUT2D eigenvalue weighted by atomic mass is 79.9. The van der Waals surface area contributed by atoms with Crippen LogP contribution in [-0.2, 0) is 10.0 Å². The van der Waals surface area contributed by atoms with Gasteiger partial charge in [-0.15, -0.1) is 0 Å². The number of aromatic amines is 1. The summed E-state index contributed by atoms with van der Waals surface area (Å²) in [5, 5.41) is 6.48. The first-order valence-corrected chi connectivity index (χ1v) is 8.65. The Hall–Kier alpha value is -1.38. The first kappa shape index (κ1) is 16.0. The molecule has 0 bridgehead atoms. The Kier molecular flexibility index (Phi) is 5.02. The maximum absolute atomic E-state index is 12.5. The summed E-state index contributed by atoms with van der Waals surface area (Å²) in [7, 11) is -3.71. The van der Waals surface area contributed by atoms with Gasteiger partial charge in [0.15, 0.2) is 0 Å². The average molecular weight is 374 g/mol. The molecule has 0 aliphatic carbocycles. The van der Waals surface area contributed by atoms with Gasteiger partial charge in [-0.1, -0.05) is 15.9 Å². The van der Waals surface area contributed by atoms with Crippen molar-refractivity contribution in [2.24, 2.45) is 0 Å². The molecule has 0 saturated heterocycles. The number of halogens is 1. The molecule has 1 aromatic heterocycles. The van der Waals surface area contributed by atoms with Crippen molar-refractivity contribution in [2.75, 3.05) is 6.61 Å². The first-order chi connectivity index (χ1) is 9.94. The van der Waals surface area contributed by atoms with Gasteiger partial charge in [0.25, 0.3) is 0 Å². The number of H-pyrrole nitrogens is 1. The molecule has 2 aromatic rings. The Morgan fingerprint density at radius 2 is 2.24 bits per heavy atom. The fourth-order valence-corrected chi connectivity index (χ4v) is 3.74. The second-order valence-corrected chi connectivity index (χ2v) is 7.00. The number of aromatic nitrogens is 2. The zero-order valence-corrected chi connectivity index (χ0v) is 14.0. The molecule has 21 heavy (non-hydrogen) atoms. The molecule has 0 saturated carbocycles. The van der Waals surface area contributed by atoms with Crippen molar-refractivity contribution in [1.82, 2.24) is 14.9 Å². The van der Waals surface area contributed by atoms with Crippen molar-refractivity contribution in [2.45, 2.75) is 24.8 Å². The average Bonchev–Trinajstić information content (AvgIpc) is 2.94. The lowest BCUT2D eigenvalue weighted by atomic mass is 10.2. The van der Waals surface area contributed by atoms with E-state index in [0.717, 1.165) is 5.56 Å². The lowest BCUT2D eigenvalue weighted by Crippen LogP contribution is -2.27. The summed E-state index contributed by atoms with van der Waals surface area (Å²) in [6, 6.07) is 4.49. The van der Waals surface area contributed by atoms with Gasteiger partial charge in [0.2, 0.25) is 10.0 Å². The smallest absolute Gasteiger partial charge is 0.244 e. The lowest BCUT2D eigenvalue weighted by molar-refractivity contribution is 0.331. The topological polar surface area (TPSA) is 84.1 Å². The minimum absolute atomic E-state index is 0.106. The molecule has 0 aliphatic heterocycles. The third-order valence-electron chi connectivity index (χ3n) is 2.85. The van der Waals surface area contributed by atoms with Crippen molar-refractivity contribution in [1.29, 1.82) is 0 Å². The predicted octanol–water partition coefficient (Wildman–Crippen LogP) is 2.61. The summed E-state index contributed by atoms with van der Waals surface area (Å²) in [5.41, 5.74) is 0.756. The number of sulfonamides is 1. The standard InChI is InChI=1S/C13H16BrN3O3S/c1-3-20-12-5-4-11(14)6-13(12)21(18,19)17-9(2)10-7-15-16-8-10/h4-9,17H,3H2,1-2H3,(H,15,16). The van der Waals surface area contributed by atoms with Gasteiger partial charge in [-0.3, -0.25) is 5.10 Å². The molecule has 0 aliphatic rings. The molecule has 1 unspecified atom stereocenters. The third-order valence-corrected chi connectivity index (χ3v) is 4.90. The molecule has 8 heteroatoms. The lowest BCUT2D eigenvalue weighted by Gasteiger charge is -2.15. The zero-order valence-electron chi connectivity index (χ0n) is 11.6. The monoisotopic (exact) mass is 373 g/mol. The molecule has 0 radical (unpaired) electrons. The van der Waals surface area contributed by atoms with Gasteiger partial charge in [0.1, 0.15) is 10.6 Å². The van der Waals surface area contributed by atoms with Crippen LogP contribution < -0.4 is 9.46 Å². The highest BCUT2D eigenvalue weighted by Crippen LogP contribution is 2.28. The molecule has 6 nitrogen and oxygen atoms in total. The van der Waals surface area contributed by atoms with Crippen LogP contribution in [0.2, 0.25) is 0 Å². The number of nitrogens with one attached hydrogen (secondary N) is 2. The van der Waals surface area contributed by atoms with Crippen molar-refractivity contribution >= 4 is 26.0 Å². The van der Waals surface area contributed by atoms with Crippen LogP contribution in [0.5, 0.6) is 5.75 Å². The van der Waals surface area contributed by atoms with Gasteiger partial charge in [-0.05, 0) is 32.0 Å². The maximum atomic E-state index is 12.5. The number of benzene rings is 1. The van der Waals surface area contributed by atoms with E-state index in [0.29, 0.717) is 16.8 Å². The summed E-state index contributed by atoms with van der Waals surface area (Å²) >= 11 is 3.28. The fourth-order valence-electron chi connectivity index (χ4n) is 1.83. The normalized spacial score (nSPS) is 13.1. The van der Waals surface area contributed by atoms with E-state index in [1.807, 2.05) is 0 Å². The molecule has 1 aromatic carbocycles. The number of rotatable bonds is 6. The van der Waals surface area contributed by atoms with Crippen molar-refractivity contribution in [3.8, 4) is 5.75 Å². The second-order valence-electron chi connectivity index (χ2n) is 4.40. The van der Waals surface area contributed by atoms with E-state index in [1.165, 1.54) is 6.07 Å². The molecule has 1 atom stereocenters. The zero-order chi connectivity index (χ0) is 15.5. The first-order valence-electron chi connectivity index (χ1n) is 6.37. The number of ether oxygens (including phenoxy) is 1. The molecular formula is C13H16BrN3O3S. The van der Waals surface area contributed by atoms with E-state index >= 15 is 0 Å². The molecule has 0 spiro atoms. The van der Waals surface area contributed by atoms with Crippen LogP contribution in [0.15, 0.2) is 40.0 Å². The largest absolute Gasteiger partial charge is 0.492 e. The summed E-state index contributed by atoms with van der Waals surface area (Å²) in [5.74, 6) is 0.326. The van der Waals surface area contributed by atoms with E-state index in [4.69, 9.17) is 4.74 Å². The summed E-state index contributed by atoms with van der Waals surface area (Å²) in [6.45, 7) is 3.95. The fraction of sp³-hybridized carbons (Fsp3) is 0.308. The minimum atomic E-state index is -3.71. The van der Waals surface area contributed by atoms with Gasteiger partial charge < -0.3 is 4.74 Å². The SMILES string of the molecule is CCOc1ccc(Br)cc1S(=O)(=O)NC(C)c1cn[nH]c1. The van der Waals surface area contributed by atoms with Gasteiger partial charge in [-0.2, -0.15) is 5.10 Å². The van der Waals surface area contributed by atoms with Crippen molar-refractivity contribution in [3.05, 3.63) is 40.6 Å². The van der Waals surface area contributed by atoms with E-state index in [9.17, 15) is 8.42 Å². The second kappa shape index (κ2) is 6.59. The number of hydrogen-bond donors (Lipinski definition) is 2. The van der Waals surface area contributed by atoms with Crippen molar-refractivity contribution in [3.63, 3.8) is 0 Å². The maximum Gasteiger partial charge on any atom is 0.244 e. The molecule has 2 rings (SSSR count). The molecular weight excluding hydrogens is 358 g/mol. The van der Waals surface area contributed by atoms with Crippen molar-refractivity contribution < 1.29 is 13.2 Å². The Morgan fingerprint density at radius 1 is 1.48 bits per heavy atom. The predicted molar refractivity (Wildman–Crippen MR) is 82.6 cm³/mol. The number of nitrogens with zero attached hydrogens (tertiary/aromatic N) is 1. The Bertz CT molecular complexity index is 701. The van der Waals surface area contributed by atoms with Crippen LogP contribution in [0, 0.1) is 0 Å². The minimum Gasteiger partial charge on any atom is -0.492 e. The Balaban J connectivity index is 2.33. The highest BCUT2D eigenvalue weighted by molar-refractivity contribution is 9.10. The van der Waals surface area contributed by atoms with E-state index in [2.05, 4.69) is 30.8 Å². The van der Waals surface area contributed by atoms with Crippen LogP contribution in [0.4, 0.5) is 0 Å². The summed E-state index contributed by atoms with van der Waals surface area (Å²) < 4.78 is 33.8. The van der Waals surface area contributed by atoms with Gasteiger partial charge in [0.05, 0.1) is 12.8 Å². The van der Waals surface area contributed by atoms with Crippen LogP contribution in [0.3, 0.4) is 0 Å².